The molecule has 0 spiro atoms. The molecular weight excluding hydrogens is 350 g/mol. The fraction of sp³-hybridized carbons (Fsp3) is 0.444. The van der Waals surface area contributed by atoms with E-state index in [4.69, 9.17) is 10.00 Å². The lowest BCUT2D eigenvalue weighted by Gasteiger charge is -2.25. The van der Waals surface area contributed by atoms with Crippen molar-refractivity contribution in [2.45, 2.75) is 38.8 Å². The minimum atomic E-state index is -0.803. The highest BCUT2D eigenvalue weighted by Gasteiger charge is 2.35. The molecule has 1 heterocycles. The summed E-state index contributed by atoms with van der Waals surface area (Å²) in [4.78, 5) is 38.0. The van der Waals surface area contributed by atoms with Crippen molar-refractivity contribution in [3.8, 4) is 6.07 Å². The number of esters is 1. The number of nitrogens with zero attached hydrogens (tertiary/aromatic N) is 2. The van der Waals surface area contributed by atoms with E-state index >= 15 is 0 Å². The minimum Gasteiger partial charge on any atom is -0.464 e. The number of urea groups is 1. The third-order valence-electron chi connectivity index (χ3n) is 4.16. The zero-order valence-electron chi connectivity index (χ0n) is 15.3. The van der Waals surface area contributed by atoms with Gasteiger partial charge in [0.05, 0.1) is 17.9 Å². The molecule has 27 heavy (non-hydrogen) atoms. The van der Waals surface area contributed by atoms with Crippen molar-refractivity contribution in [2.75, 3.05) is 18.6 Å². The third-order valence-corrected chi connectivity index (χ3v) is 4.16. The number of hydrogen-bond donors (Lipinski definition) is 3. The average Bonchev–Trinajstić information content (AvgIpc) is 3.16. The van der Waals surface area contributed by atoms with Crippen LogP contribution in [0.15, 0.2) is 24.3 Å². The lowest BCUT2D eigenvalue weighted by molar-refractivity contribution is -0.144. The van der Waals surface area contributed by atoms with Gasteiger partial charge in [-0.05, 0) is 38.8 Å². The molecule has 0 saturated carbocycles. The van der Waals surface area contributed by atoms with Crippen LogP contribution in [0, 0.1) is 11.3 Å². The number of hydrogen-bond acceptors (Lipinski definition) is 6. The van der Waals surface area contributed by atoms with E-state index < -0.39 is 24.1 Å². The molecule has 1 fully saturated rings. The van der Waals surface area contributed by atoms with Gasteiger partial charge in [-0.2, -0.15) is 5.26 Å². The van der Waals surface area contributed by atoms with E-state index in [9.17, 15) is 14.4 Å². The fourth-order valence-electron chi connectivity index (χ4n) is 2.78. The second-order valence-electron chi connectivity index (χ2n) is 6.05. The second-order valence-corrected chi connectivity index (χ2v) is 6.05. The number of para-hydroxylation sites is 1. The molecule has 1 aromatic carbocycles. The maximum atomic E-state index is 12.5. The monoisotopic (exact) mass is 373 g/mol. The molecule has 0 aromatic heterocycles. The van der Waals surface area contributed by atoms with Gasteiger partial charge in [0.1, 0.15) is 18.2 Å². The molecule has 2 rings (SSSR count). The zero-order chi connectivity index (χ0) is 19.8. The number of likely N-dealkylation sites (tertiary alicyclic amines) is 1. The molecule has 0 radical (unpaired) electrons. The average molecular weight is 373 g/mol. The van der Waals surface area contributed by atoms with Crippen molar-refractivity contribution in [2.24, 2.45) is 0 Å². The first-order valence-electron chi connectivity index (χ1n) is 8.76. The quantitative estimate of drug-likeness (QED) is 0.507. The summed E-state index contributed by atoms with van der Waals surface area (Å²) < 4.78 is 4.86. The van der Waals surface area contributed by atoms with Crippen LogP contribution in [0.1, 0.15) is 32.3 Å². The molecule has 2 atom stereocenters. The Morgan fingerprint density at radius 3 is 2.81 bits per heavy atom. The van der Waals surface area contributed by atoms with Gasteiger partial charge in [0.15, 0.2) is 0 Å². The lowest BCUT2D eigenvalue weighted by atomic mass is 10.2. The van der Waals surface area contributed by atoms with Crippen LogP contribution in [-0.4, -0.2) is 48.0 Å². The number of nitriles is 1. The van der Waals surface area contributed by atoms with Crippen LogP contribution in [0.2, 0.25) is 0 Å². The number of ether oxygens (including phenoxy) is 1. The molecule has 9 nitrogen and oxygen atoms in total. The molecule has 3 N–H and O–H groups in total. The van der Waals surface area contributed by atoms with Crippen LogP contribution >= 0.6 is 0 Å². The highest BCUT2D eigenvalue weighted by molar-refractivity contribution is 5.90. The Kier molecular flexibility index (Phi) is 7.00. The van der Waals surface area contributed by atoms with Gasteiger partial charge >= 0.3 is 12.0 Å². The highest BCUT2D eigenvalue weighted by atomic mass is 16.5. The van der Waals surface area contributed by atoms with E-state index in [-0.39, 0.29) is 12.5 Å². The molecule has 1 saturated heterocycles. The third kappa shape index (κ3) is 5.10. The minimum absolute atomic E-state index is 0.226. The number of nitrogens with one attached hydrogen (secondary N) is 3. The normalized spacial score (nSPS) is 16.8. The van der Waals surface area contributed by atoms with Crippen LogP contribution in [0.25, 0.3) is 0 Å². The predicted molar refractivity (Wildman–Crippen MR) is 97.3 cm³/mol. The number of hydrazine groups is 1. The topological polar surface area (TPSA) is 124 Å². The maximum Gasteiger partial charge on any atom is 0.328 e. The van der Waals surface area contributed by atoms with Crippen LogP contribution in [-0.2, 0) is 14.3 Å². The van der Waals surface area contributed by atoms with E-state index in [1.807, 2.05) is 6.07 Å². The molecule has 9 heteroatoms. The summed E-state index contributed by atoms with van der Waals surface area (Å²) >= 11 is 0. The van der Waals surface area contributed by atoms with Crippen molar-refractivity contribution >= 4 is 23.6 Å². The fourth-order valence-corrected chi connectivity index (χ4v) is 2.78. The summed E-state index contributed by atoms with van der Waals surface area (Å²) in [6, 6.07) is 6.81. The summed E-state index contributed by atoms with van der Waals surface area (Å²) in [6.07, 6.45) is 1.18. The van der Waals surface area contributed by atoms with Gasteiger partial charge in [-0.25, -0.2) is 9.59 Å². The standard InChI is InChI=1S/C18H23N5O4/c1-3-27-17(25)12(2)20-18(26)23-10-6-9-15(23)16(24)22-21-14-8-5-4-7-13(14)11-19/h4-5,7-8,12,15,21H,3,6,9-10H2,1-2H3,(H,20,26)(H,22,24)/t12-,15?/m0/s1. The van der Waals surface area contributed by atoms with Gasteiger partial charge < -0.3 is 15.0 Å². The zero-order valence-corrected chi connectivity index (χ0v) is 15.3. The molecule has 1 aromatic rings. The van der Waals surface area contributed by atoms with Gasteiger partial charge in [0.25, 0.3) is 5.91 Å². The smallest absolute Gasteiger partial charge is 0.328 e. The van der Waals surface area contributed by atoms with Gasteiger partial charge in [-0.3, -0.25) is 15.6 Å². The Morgan fingerprint density at radius 2 is 2.11 bits per heavy atom. The number of carbonyl (C=O) groups excluding carboxylic acids is 3. The number of carbonyl (C=O) groups is 3. The molecular formula is C18H23N5O4. The van der Waals surface area contributed by atoms with Crippen LogP contribution in [0.4, 0.5) is 10.5 Å². The Morgan fingerprint density at radius 1 is 1.37 bits per heavy atom. The summed E-state index contributed by atoms with van der Waals surface area (Å²) in [5.74, 6) is -0.917. The molecule has 1 aliphatic heterocycles. The Labute approximate surface area is 157 Å². The van der Waals surface area contributed by atoms with Crippen LogP contribution in [0.5, 0.6) is 0 Å². The Balaban J connectivity index is 1.94. The van der Waals surface area contributed by atoms with E-state index in [2.05, 4.69) is 16.2 Å². The molecule has 1 aliphatic rings. The largest absolute Gasteiger partial charge is 0.464 e. The van der Waals surface area contributed by atoms with Gasteiger partial charge in [0, 0.05) is 6.54 Å². The summed E-state index contributed by atoms with van der Waals surface area (Å²) in [6.45, 7) is 3.85. The molecule has 144 valence electrons. The maximum absolute atomic E-state index is 12.5. The van der Waals surface area contributed by atoms with Crippen molar-refractivity contribution in [3.05, 3.63) is 29.8 Å². The van der Waals surface area contributed by atoms with Crippen molar-refractivity contribution in [1.29, 1.82) is 5.26 Å². The van der Waals surface area contributed by atoms with E-state index in [1.54, 1.807) is 31.2 Å². The predicted octanol–water partition coefficient (Wildman–Crippen LogP) is 1.13. The van der Waals surface area contributed by atoms with Crippen molar-refractivity contribution < 1.29 is 19.1 Å². The van der Waals surface area contributed by atoms with Gasteiger partial charge in [-0.1, -0.05) is 12.1 Å². The van der Waals surface area contributed by atoms with Crippen molar-refractivity contribution in [1.82, 2.24) is 15.6 Å². The first kappa shape index (κ1) is 20.0. The van der Waals surface area contributed by atoms with Gasteiger partial charge in [0.2, 0.25) is 0 Å². The molecule has 0 bridgehead atoms. The Hall–Kier alpha value is -3.28. The summed E-state index contributed by atoms with van der Waals surface area (Å²) in [5.41, 5.74) is 6.13. The molecule has 0 aliphatic carbocycles. The number of amides is 3. The number of benzene rings is 1. The van der Waals surface area contributed by atoms with Crippen LogP contribution in [0.3, 0.4) is 0 Å². The summed E-state index contributed by atoms with van der Waals surface area (Å²) in [7, 11) is 0. The molecule has 1 unspecified atom stereocenters. The lowest BCUT2D eigenvalue weighted by Crippen LogP contribution is -2.53. The van der Waals surface area contributed by atoms with E-state index in [0.717, 1.165) is 0 Å². The number of anilines is 1. The SMILES string of the molecule is CCOC(=O)[C@H](C)NC(=O)N1CCCC1C(=O)NNc1ccccc1C#N. The summed E-state index contributed by atoms with van der Waals surface area (Å²) in [5, 5.41) is 11.6. The van der Waals surface area contributed by atoms with Gasteiger partial charge in [-0.15, -0.1) is 0 Å². The van der Waals surface area contributed by atoms with Crippen LogP contribution < -0.4 is 16.2 Å². The van der Waals surface area contributed by atoms with Crippen molar-refractivity contribution in [3.63, 3.8) is 0 Å². The Bertz CT molecular complexity index is 746. The first-order chi connectivity index (χ1) is 13.0. The second kappa shape index (κ2) is 9.43. The highest BCUT2D eigenvalue weighted by Crippen LogP contribution is 2.18. The number of rotatable bonds is 6. The van der Waals surface area contributed by atoms with E-state index in [1.165, 1.54) is 11.8 Å². The first-order valence-corrected chi connectivity index (χ1v) is 8.76. The van der Waals surface area contributed by atoms with E-state index in [0.29, 0.717) is 30.6 Å². The molecule has 3 amide bonds.